The highest BCUT2D eigenvalue weighted by molar-refractivity contribution is 9.10. The van der Waals surface area contributed by atoms with E-state index in [1.54, 1.807) is 7.05 Å². The first-order chi connectivity index (χ1) is 13.1. The normalized spacial score (nSPS) is 16.2. The summed E-state index contributed by atoms with van der Waals surface area (Å²) in [6.07, 6.45) is 4.11. The fraction of sp³-hybridized carbons (Fsp3) is 0.600. The van der Waals surface area contributed by atoms with Gasteiger partial charge >= 0.3 is 0 Å². The van der Waals surface area contributed by atoms with Gasteiger partial charge in [0.15, 0.2) is 5.96 Å². The van der Waals surface area contributed by atoms with Crippen molar-refractivity contribution in [1.29, 1.82) is 0 Å². The summed E-state index contributed by atoms with van der Waals surface area (Å²) in [5, 5.41) is 9.59. The number of piperidine rings is 1. The molecule has 0 saturated carbocycles. The minimum Gasteiger partial charge on any atom is -0.358 e. The highest BCUT2D eigenvalue weighted by Crippen LogP contribution is 2.13. The van der Waals surface area contributed by atoms with E-state index in [2.05, 4.69) is 68.0 Å². The lowest BCUT2D eigenvalue weighted by atomic mass is 10.1. The molecule has 150 valence electrons. The Bertz CT molecular complexity index is 614. The average Bonchev–Trinajstić information content (AvgIpc) is 2.67. The summed E-state index contributed by atoms with van der Waals surface area (Å²) >= 11 is 3.52. The molecule has 1 heterocycles. The van der Waals surface area contributed by atoms with Crippen LogP contribution >= 0.6 is 15.9 Å². The number of carbonyl (C=O) groups excluding carboxylic acids is 1. The number of carbonyl (C=O) groups is 1. The number of benzene rings is 1. The van der Waals surface area contributed by atoms with Gasteiger partial charge in [-0.25, -0.2) is 0 Å². The van der Waals surface area contributed by atoms with Gasteiger partial charge in [-0.1, -0.05) is 28.1 Å². The van der Waals surface area contributed by atoms with E-state index in [1.165, 1.54) is 5.56 Å². The number of likely N-dealkylation sites (N-methyl/N-ethyl adjacent to an activating group) is 1. The maximum Gasteiger partial charge on any atom is 0.233 e. The lowest BCUT2D eigenvalue weighted by Gasteiger charge is -2.32. The second kappa shape index (κ2) is 12.0. The zero-order valence-electron chi connectivity index (χ0n) is 16.4. The molecule has 0 aliphatic carbocycles. The van der Waals surface area contributed by atoms with Crippen molar-refractivity contribution in [3.8, 4) is 0 Å². The van der Waals surface area contributed by atoms with Gasteiger partial charge in [0.2, 0.25) is 5.91 Å². The van der Waals surface area contributed by atoms with Gasteiger partial charge in [0.25, 0.3) is 0 Å². The molecule has 3 N–H and O–H groups in total. The molecule has 1 saturated heterocycles. The van der Waals surface area contributed by atoms with Gasteiger partial charge in [-0.05, 0) is 50.3 Å². The number of guanidine groups is 1. The van der Waals surface area contributed by atoms with Gasteiger partial charge in [-0.15, -0.1) is 0 Å². The average molecular weight is 438 g/mol. The van der Waals surface area contributed by atoms with Crippen LogP contribution < -0.4 is 16.0 Å². The van der Waals surface area contributed by atoms with Crippen LogP contribution in [0.25, 0.3) is 0 Å². The van der Waals surface area contributed by atoms with Crippen LogP contribution in [0, 0.1) is 0 Å². The maximum absolute atomic E-state index is 11.5. The monoisotopic (exact) mass is 437 g/mol. The Balaban J connectivity index is 1.74. The van der Waals surface area contributed by atoms with Crippen molar-refractivity contribution in [1.82, 2.24) is 20.9 Å². The Morgan fingerprint density at radius 1 is 1.33 bits per heavy atom. The zero-order chi connectivity index (χ0) is 19.5. The molecular formula is C20H32BrN5O. The number of likely N-dealkylation sites (tertiary alicyclic amines) is 1. The third-order valence-electron chi connectivity index (χ3n) is 4.70. The molecule has 7 heteroatoms. The largest absolute Gasteiger partial charge is 0.358 e. The molecule has 0 aromatic heterocycles. The molecule has 27 heavy (non-hydrogen) atoms. The molecule has 1 aliphatic rings. The van der Waals surface area contributed by atoms with E-state index >= 15 is 0 Å². The number of rotatable bonds is 8. The first-order valence-electron chi connectivity index (χ1n) is 9.83. The minimum atomic E-state index is 0.0850. The summed E-state index contributed by atoms with van der Waals surface area (Å²) in [4.78, 5) is 18.4. The Kier molecular flexibility index (Phi) is 9.62. The predicted octanol–water partition coefficient (Wildman–Crippen LogP) is 2.15. The zero-order valence-corrected chi connectivity index (χ0v) is 18.0. The van der Waals surface area contributed by atoms with E-state index in [0.29, 0.717) is 12.6 Å². The van der Waals surface area contributed by atoms with Crippen molar-refractivity contribution in [3.05, 3.63) is 34.3 Å². The summed E-state index contributed by atoms with van der Waals surface area (Å²) in [6, 6.07) is 8.86. The highest BCUT2D eigenvalue weighted by atomic mass is 79.9. The Labute approximate surface area is 171 Å². The standard InChI is InChI=1S/C20H32BrN5O/c1-3-23-20(24-11-5-7-16-6-4-8-17(21)14-16)25-18-9-12-26(13-10-18)15-19(27)22-2/h4,6,8,14,18H,3,5,7,9-13,15H2,1-2H3,(H,22,27)(H2,23,24,25). The van der Waals surface area contributed by atoms with Crippen molar-refractivity contribution >= 4 is 27.8 Å². The number of nitrogens with zero attached hydrogens (tertiary/aromatic N) is 2. The van der Waals surface area contributed by atoms with Gasteiger partial charge in [-0.3, -0.25) is 14.7 Å². The van der Waals surface area contributed by atoms with Crippen LogP contribution in [0.1, 0.15) is 31.7 Å². The van der Waals surface area contributed by atoms with Crippen LogP contribution in [0.3, 0.4) is 0 Å². The third-order valence-corrected chi connectivity index (χ3v) is 5.19. The topological polar surface area (TPSA) is 68.8 Å². The Morgan fingerprint density at radius 3 is 2.78 bits per heavy atom. The molecule has 0 bridgehead atoms. The summed E-state index contributed by atoms with van der Waals surface area (Å²) < 4.78 is 1.13. The van der Waals surface area contributed by atoms with Crippen LogP contribution in [0.5, 0.6) is 0 Å². The van der Waals surface area contributed by atoms with Gasteiger partial charge in [-0.2, -0.15) is 0 Å². The van der Waals surface area contributed by atoms with Crippen LogP contribution in [-0.4, -0.2) is 62.6 Å². The molecule has 1 aromatic rings. The summed E-state index contributed by atoms with van der Waals surface area (Å²) in [5.41, 5.74) is 1.33. The van der Waals surface area contributed by atoms with Crippen molar-refractivity contribution in [2.45, 2.75) is 38.6 Å². The van der Waals surface area contributed by atoms with E-state index in [9.17, 15) is 4.79 Å². The van der Waals surface area contributed by atoms with Gasteiger partial charge < -0.3 is 16.0 Å². The van der Waals surface area contributed by atoms with Crippen molar-refractivity contribution in [3.63, 3.8) is 0 Å². The van der Waals surface area contributed by atoms with Gasteiger partial charge in [0, 0.05) is 43.7 Å². The lowest BCUT2D eigenvalue weighted by molar-refractivity contribution is -0.122. The number of aryl methyl sites for hydroxylation is 1. The second-order valence-corrected chi connectivity index (χ2v) is 7.78. The van der Waals surface area contributed by atoms with Crippen LogP contribution in [0.4, 0.5) is 0 Å². The van der Waals surface area contributed by atoms with E-state index < -0.39 is 0 Å². The fourth-order valence-electron chi connectivity index (χ4n) is 3.20. The van der Waals surface area contributed by atoms with Crippen LogP contribution in [0.15, 0.2) is 33.7 Å². The first kappa shape index (κ1) is 21.7. The summed E-state index contributed by atoms with van der Waals surface area (Å²) in [5.74, 6) is 0.984. The molecule has 1 fully saturated rings. The number of aliphatic imine (C=N–C) groups is 1. The SMILES string of the molecule is CCNC(=NCCCc1cccc(Br)c1)NC1CCN(CC(=O)NC)CC1. The fourth-order valence-corrected chi connectivity index (χ4v) is 3.64. The number of hydrogen-bond donors (Lipinski definition) is 3. The molecule has 0 unspecified atom stereocenters. The molecule has 1 amide bonds. The molecule has 0 radical (unpaired) electrons. The van der Waals surface area contributed by atoms with Crippen LogP contribution in [-0.2, 0) is 11.2 Å². The molecule has 0 spiro atoms. The molecular weight excluding hydrogens is 406 g/mol. The maximum atomic E-state index is 11.5. The molecule has 2 rings (SSSR count). The third kappa shape index (κ3) is 8.30. The van der Waals surface area contributed by atoms with Crippen LogP contribution in [0.2, 0.25) is 0 Å². The predicted molar refractivity (Wildman–Crippen MR) is 115 cm³/mol. The number of nitrogens with one attached hydrogen (secondary N) is 3. The van der Waals surface area contributed by atoms with Crippen molar-refractivity contribution in [2.24, 2.45) is 4.99 Å². The minimum absolute atomic E-state index is 0.0850. The molecule has 6 nitrogen and oxygen atoms in total. The number of hydrogen-bond acceptors (Lipinski definition) is 3. The van der Waals surface area contributed by atoms with Crippen molar-refractivity contribution in [2.75, 3.05) is 39.8 Å². The van der Waals surface area contributed by atoms with Gasteiger partial charge in [0.1, 0.15) is 0 Å². The highest BCUT2D eigenvalue weighted by Gasteiger charge is 2.21. The van der Waals surface area contributed by atoms with Gasteiger partial charge in [0.05, 0.1) is 6.54 Å². The van der Waals surface area contributed by atoms with E-state index in [-0.39, 0.29) is 5.91 Å². The number of halogens is 1. The number of amides is 1. The molecule has 1 aliphatic heterocycles. The van der Waals surface area contributed by atoms with Crippen molar-refractivity contribution < 1.29 is 4.79 Å². The summed E-state index contributed by atoms with van der Waals surface area (Å²) in [7, 11) is 1.69. The van der Waals surface area contributed by atoms with E-state index in [4.69, 9.17) is 4.99 Å². The first-order valence-corrected chi connectivity index (χ1v) is 10.6. The lowest BCUT2D eigenvalue weighted by Crippen LogP contribution is -2.50. The second-order valence-electron chi connectivity index (χ2n) is 6.86. The molecule has 1 aromatic carbocycles. The Hall–Kier alpha value is -1.60. The smallest absolute Gasteiger partial charge is 0.233 e. The van der Waals surface area contributed by atoms with E-state index in [1.807, 2.05) is 0 Å². The molecule has 0 atom stereocenters. The quantitative estimate of drug-likeness (QED) is 0.331. The van der Waals surface area contributed by atoms with E-state index in [0.717, 1.165) is 62.3 Å². The Morgan fingerprint density at radius 2 is 2.11 bits per heavy atom. The summed E-state index contributed by atoms with van der Waals surface area (Å²) in [6.45, 7) is 6.11.